The fraction of sp³-hybridized carbons (Fsp3) is 0.474. The van der Waals surface area contributed by atoms with Crippen molar-refractivity contribution in [3.63, 3.8) is 0 Å². The van der Waals surface area contributed by atoms with Gasteiger partial charge in [-0.15, -0.1) is 0 Å². The van der Waals surface area contributed by atoms with Crippen LogP contribution >= 0.6 is 0 Å². The SMILES string of the molecule is Cc1c(C(=O)N2CCC(N(C)C)CC2)cnn1Cc1ccccc1. The summed E-state index contributed by atoms with van der Waals surface area (Å²) in [5, 5.41) is 4.43. The minimum atomic E-state index is 0.115. The number of carbonyl (C=O) groups is 1. The third kappa shape index (κ3) is 3.51. The van der Waals surface area contributed by atoms with Crippen molar-refractivity contribution in [1.82, 2.24) is 19.6 Å². The fourth-order valence-electron chi connectivity index (χ4n) is 3.33. The molecule has 2 heterocycles. The van der Waals surface area contributed by atoms with Gasteiger partial charge in [-0.05, 0) is 39.4 Å². The van der Waals surface area contributed by atoms with Crippen molar-refractivity contribution in [2.45, 2.75) is 32.4 Å². The number of likely N-dealkylation sites (tertiary alicyclic amines) is 1. The molecule has 0 radical (unpaired) electrons. The van der Waals surface area contributed by atoms with Crippen molar-refractivity contribution < 1.29 is 4.79 Å². The number of rotatable bonds is 4. The van der Waals surface area contributed by atoms with Crippen LogP contribution in [-0.2, 0) is 6.54 Å². The number of aromatic nitrogens is 2. The predicted octanol–water partition coefficient (Wildman–Crippen LogP) is 2.41. The first-order valence-corrected chi connectivity index (χ1v) is 8.58. The second-order valence-corrected chi connectivity index (χ2v) is 6.77. The number of amides is 1. The molecule has 24 heavy (non-hydrogen) atoms. The van der Waals surface area contributed by atoms with E-state index in [4.69, 9.17) is 0 Å². The monoisotopic (exact) mass is 326 g/mol. The first-order valence-electron chi connectivity index (χ1n) is 8.58. The molecule has 1 fully saturated rings. The van der Waals surface area contributed by atoms with Crippen LogP contribution in [0.15, 0.2) is 36.5 Å². The Bertz CT molecular complexity index is 685. The van der Waals surface area contributed by atoms with Gasteiger partial charge in [-0.2, -0.15) is 5.10 Å². The second kappa shape index (κ2) is 7.18. The van der Waals surface area contributed by atoms with Crippen LogP contribution in [0.1, 0.15) is 34.5 Å². The molecular formula is C19H26N4O. The Labute approximate surface area is 143 Å². The van der Waals surface area contributed by atoms with Crippen LogP contribution in [0.5, 0.6) is 0 Å². The summed E-state index contributed by atoms with van der Waals surface area (Å²) < 4.78 is 1.91. The lowest BCUT2D eigenvalue weighted by molar-refractivity contribution is 0.0662. The van der Waals surface area contributed by atoms with Gasteiger partial charge in [0, 0.05) is 24.8 Å². The minimum Gasteiger partial charge on any atom is -0.338 e. The molecule has 1 aliphatic heterocycles. The first kappa shape index (κ1) is 16.7. The molecule has 1 aromatic carbocycles. The lowest BCUT2D eigenvalue weighted by Crippen LogP contribution is -2.44. The zero-order valence-electron chi connectivity index (χ0n) is 14.8. The number of benzene rings is 1. The van der Waals surface area contributed by atoms with Gasteiger partial charge in [0.15, 0.2) is 0 Å². The van der Waals surface area contributed by atoms with Gasteiger partial charge in [0.2, 0.25) is 0 Å². The molecule has 0 bridgehead atoms. The average molecular weight is 326 g/mol. The molecule has 0 saturated carbocycles. The summed E-state index contributed by atoms with van der Waals surface area (Å²) in [6.07, 6.45) is 3.80. The topological polar surface area (TPSA) is 41.4 Å². The maximum absolute atomic E-state index is 12.8. The van der Waals surface area contributed by atoms with Gasteiger partial charge >= 0.3 is 0 Å². The van der Waals surface area contributed by atoms with Gasteiger partial charge in [0.25, 0.3) is 5.91 Å². The molecule has 2 aromatic rings. The van der Waals surface area contributed by atoms with Crippen molar-refractivity contribution >= 4 is 5.91 Å². The van der Waals surface area contributed by atoms with Crippen LogP contribution in [0.25, 0.3) is 0 Å². The molecule has 0 aliphatic carbocycles. The molecule has 5 heteroatoms. The van der Waals surface area contributed by atoms with Crippen molar-refractivity contribution in [1.29, 1.82) is 0 Å². The molecule has 1 saturated heterocycles. The van der Waals surface area contributed by atoms with Gasteiger partial charge in [0.1, 0.15) is 0 Å². The normalized spacial score (nSPS) is 15.9. The average Bonchev–Trinajstić information content (AvgIpc) is 2.96. The largest absolute Gasteiger partial charge is 0.338 e. The highest BCUT2D eigenvalue weighted by atomic mass is 16.2. The van der Waals surface area contributed by atoms with Crippen LogP contribution in [0.4, 0.5) is 0 Å². The van der Waals surface area contributed by atoms with E-state index in [1.807, 2.05) is 34.7 Å². The van der Waals surface area contributed by atoms with Crippen molar-refractivity contribution in [2.24, 2.45) is 0 Å². The molecule has 0 atom stereocenters. The van der Waals surface area contributed by atoms with Gasteiger partial charge in [-0.25, -0.2) is 0 Å². The van der Waals surface area contributed by atoms with E-state index >= 15 is 0 Å². The Kier molecular flexibility index (Phi) is 5.00. The fourth-order valence-corrected chi connectivity index (χ4v) is 3.33. The van der Waals surface area contributed by atoms with E-state index in [1.165, 1.54) is 5.56 Å². The molecule has 128 valence electrons. The maximum atomic E-state index is 12.8. The number of hydrogen-bond donors (Lipinski definition) is 0. The minimum absolute atomic E-state index is 0.115. The summed E-state index contributed by atoms with van der Waals surface area (Å²) >= 11 is 0. The van der Waals surface area contributed by atoms with Crippen molar-refractivity contribution in [3.05, 3.63) is 53.3 Å². The Morgan fingerprint density at radius 2 is 1.88 bits per heavy atom. The van der Waals surface area contributed by atoms with Gasteiger partial charge in [-0.1, -0.05) is 30.3 Å². The Balaban J connectivity index is 1.68. The molecule has 1 aliphatic rings. The van der Waals surface area contributed by atoms with E-state index in [1.54, 1.807) is 6.20 Å². The van der Waals surface area contributed by atoms with Gasteiger partial charge in [-0.3, -0.25) is 9.48 Å². The molecular weight excluding hydrogens is 300 g/mol. The van der Waals surface area contributed by atoms with E-state index in [0.29, 0.717) is 12.6 Å². The molecule has 0 spiro atoms. The van der Waals surface area contributed by atoms with Crippen LogP contribution in [0.3, 0.4) is 0 Å². The first-order chi connectivity index (χ1) is 11.6. The zero-order valence-corrected chi connectivity index (χ0v) is 14.8. The van der Waals surface area contributed by atoms with Crippen LogP contribution < -0.4 is 0 Å². The van der Waals surface area contributed by atoms with Gasteiger partial charge in [0.05, 0.1) is 18.3 Å². The van der Waals surface area contributed by atoms with Crippen LogP contribution in [0.2, 0.25) is 0 Å². The number of piperidine rings is 1. The van der Waals surface area contributed by atoms with Crippen LogP contribution in [-0.4, -0.2) is 58.7 Å². The van der Waals surface area contributed by atoms with E-state index in [-0.39, 0.29) is 5.91 Å². The van der Waals surface area contributed by atoms with E-state index in [2.05, 4.69) is 36.2 Å². The lowest BCUT2D eigenvalue weighted by atomic mass is 10.0. The quantitative estimate of drug-likeness (QED) is 0.866. The summed E-state index contributed by atoms with van der Waals surface area (Å²) in [4.78, 5) is 17.0. The smallest absolute Gasteiger partial charge is 0.257 e. The molecule has 1 amide bonds. The Morgan fingerprint density at radius 3 is 2.50 bits per heavy atom. The summed E-state index contributed by atoms with van der Waals surface area (Å²) in [5.74, 6) is 0.115. The number of nitrogens with zero attached hydrogens (tertiary/aromatic N) is 4. The Hall–Kier alpha value is -2.14. The lowest BCUT2D eigenvalue weighted by Gasteiger charge is -2.35. The second-order valence-electron chi connectivity index (χ2n) is 6.77. The highest BCUT2D eigenvalue weighted by molar-refractivity contribution is 5.95. The van der Waals surface area contributed by atoms with Crippen LogP contribution in [0, 0.1) is 6.92 Å². The summed E-state index contributed by atoms with van der Waals surface area (Å²) in [6.45, 7) is 4.33. The standard InChI is InChI=1S/C19H26N4O/c1-15-18(13-20-23(15)14-16-7-5-4-6-8-16)19(24)22-11-9-17(10-12-22)21(2)3/h4-8,13,17H,9-12,14H2,1-3H3. The van der Waals surface area contributed by atoms with Crippen molar-refractivity contribution in [3.8, 4) is 0 Å². The molecule has 5 nitrogen and oxygen atoms in total. The molecule has 0 unspecified atom stereocenters. The number of hydrogen-bond acceptors (Lipinski definition) is 3. The van der Waals surface area contributed by atoms with E-state index in [0.717, 1.165) is 37.2 Å². The summed E-state index contributed by atoms with van der Waals surface area (Å²) in [5.41, 5.74) is 2.86. The molecule has 1 aromatic heterocycles. The van der Waals surface area contributed by atoms with Gasteiger partial charge < -0.3 is 9.80 Å². The molecule has 0 N–H and O–H groups in total. The summed E-state index contributed by atoms with van der Waals surface area (Å²) in [7, 11) is 4.22. The predicted molar refractivity (Wildman–Crippen MR) is 95.1 cm³/mol. The number of carbonyl (C=O) groups excluding carboxylic acids is 1. The van der Waals surface area contributed by atoms with Crippen molar-refractivity contribution in [2.75, 3.05) is 27.2 Å². The maximum Gasteiger partial charge on any atom is 0.257 e. The third-order valence-electron chi connectivity index (χ3n) is 4.99. The highest BCUT2D eigenvalue weighted by Gasteiger charge is 2.26. The molecule has 3 rings (SSSR count). The van der Waals surface area contributed by atoms with E-state index in [9.17, 15) is 4.79 Å². The highest BCUT2D eigenvalue weighted by Crippen LogP contribution is 2.18. The summed E-state index contributed by atoms with van der Waals surface area (Å²) in [6, 6.07) is 10.8. The zero-order chi connectivity index (χ0) is 17.1. The Morgan fingerprint density at radius 1 is 1.21 bits per heavy atom. The third-order valence-corrected chi connectivity index (χ3v) is 4.99. The van der Waals surface area contributed by atoms with E-state index < -0.39 is 0 Å².